The lowest BCUT2D eigenvalue weighted by molar-refractivity contribution is -0.137. The number of hydrogen-bond acceptors (Lipinski definition) is 5. The number of thiazole rings is 1. The number of anilines is 1. The van der Waals surface area contributed by atoms with E-state index in [0.29, 0.717) is 10.7 Å². The van der Waals surface area contributed by atoms with Gasteiger partial charge in [0.1, 0.15) is 0 Å². The number of halogens is 3. The highest BCUT2D eigenvalue weighted by Crippen LogP contribution is 2.29. The molecule has 4 nitrogen and oxygen atoms in total. The summed E-state index contributed by atoms with van der Waals surface area (Å²) in [5, 5.41) is 6.56. The van der Waals surface area contributed by atoms with E-state index < -0.39 is 11.7 Å². The van der Waals surface area contributed by atoms with Crippen molar-refractivity contribution in [3.63, 3.8) is 0 Å². The molecule has 0 aliphatic rings. The number of allylic oxidation sites excluding steroid dienone is 1. The van der Waals surface area contributed by atoms with Gasteiger partial charge in [-0.25, -0.2) is 4.98 Å². The van der Waals surface area contributed by atoms with Crippen molar-refractivity contribution >= 4 is 28.8 Å². The van der Waals surface area contributed by atoms with Gasteiger partial charge in [-0.3, -0.25) is 10.4 Å². The third-order valence-electron chi connectivity index (χ3n) is 3.33. The molecule has 8 heteroatoms. The minimum absolute atomic E-state index is 0.635. The van der Waals surface area contributed by atoms with Crippen LogP contribution in [0.4, 0.5) is 18.3 Å². The molecule has 0 fully saturated rings. The summed E-state index contributed by atoms with van der Waals surface area (Å²) < 4.78 is 37.5. The molecule has 3 aromatic rings. The molecule has 0 saturated heterocycles. The zero-order valence-corrected chi connectivity index (χ0v) is 14.1. The predicted octanol–water partition coefficient (Wildman–Crippen LogP) is 5.34. The third kappa shape index (κ3) is 4.76. The Morgan fingerprint density at radius 3 is 2.46 bits per heavy atom. The Bertz CT molecular complexity index is 900. The van der Waals surface area contributed by atoms with Gasteiger partial charge in [0.25, 0.3) is 0 Å². The molecule has 2 aromatic heterocycles. The van der Waals surface area contributed by atoms with Crippen LogP contribution in [0.1, 0.15) is 11.1 Å². The van der Waals surface area contributed by atoms with Crippen molar-refractivity contribution in [2.24, 2.45) is 5.10 Å². The van der Waals surface area contributed by atoms with Crippen LogP contribution >= 0.6 is 11.3 Å². The lowest BCUT2D eigenvalue weighted by Crippen LogP contribution is -2.03. The zero-order chi connectivity index (χ0) is 18.4. The Hall–Kier alpha value is -3.00. The number of hydrogen-bond donors (Lipinski definition) is 1. The fraction of sp³-hybridized carbons (Fsp3) is 0.0556. The maximum atomic E-state index is 12.5. The second kappa shape index (κ2) is 7.92. The minimum Gasteiger partial charge on any atom is -0.265 e. The molecule has 2 heterocycles. The molecule has 0 aliphatic heterocycles. The summed E-state index contributed by atoms with van der Waals surface area (Å²) in [5.74, 6) is 0. The molecule has 0 saturated carbocycles. The third-order valence-corrected chi connectivity index (χ3v) is 4.07. The van der Waals surface area contributed by atoms with Crippen LogP contribution in [0.25, 0.3) is 17.3 Å². The van der Waals surface area contributed by atoms with E-state index in [9.17, 15) is 13.2 Å². The second-order valence-electron chi connectivity index (χ2n) is 5.14. The van der Waals surface area contributed by atoms with E-state index in [2.05, 4.69) is 20.5 Å². The normalized spacial score (nSPS) is 12.1. The predicted molar refractivity (Wildman–Crippen MR) is 97.9 cm³/mol. The minimum atomic E-state index is -4.32. The van der Waals surface area contributed by atoms with Gasteiger partial charge >= 0.3 is 6.18 Å². The highest BCUT2D eigenvalue weighted by molar-refractivity contribution is 7.14. The van der Waals surface area contributed by atoms with Gasteiger partial charge < -0.3 is 0 Å². The van der Waals surface area contributed by atoms with Crippen LogP contribution in [-0.2, 0) is 6.18 Å². The van der Waals surface area contributed by atoms with E-state index in [1.807, 2.05) is 17.5 Å². The summed E-state index contributed by atoms with van der Waals surface area (Å²) in [5.41, 5.74) is 4.59. The van der Waals surface area contributed by atoms with E-state index >= 15 is 0 Å². The molecular weight excluding hydrogens is 361 g/mol. The van der Waals surface area contributed by atoms with Gasteiger partial charge in [0, 0.05) is 29.6 Å². The number of nitrogens with one attached hydrogen (secondary N) is 1. The van der Waals surface area contributed by atoms with Crippen molar-refractivity contribution in [3.05, 3.63) is 71.4 Å². The summed E-state index contributed by atoms with van der Waals surface area (Å²) in [4.78, 5) is 8.37. The highest BCUT2D eigenvalue weighted by Gasteiger charge is 2.29. The summed E-state index contributed by atoms with van der Waals surface area (Å²) in [6, 6.07) is 8.64. The molecule has 0 radical (unpaired) electrons. The summed E-state index contributed by atoms with van der Waals surface area (Å²) >= 11 is 1.42. The first-order valence-corrected chi connectivity index (χ1v) is 8.39. The van der Waals surface area contributed by atoms with E-state index in [-0.39, 0.29) is 0 Å². The molecule has 0 amide bonds. The van der Waals surface area contributed by atoms with Gasteiger partial charge in [-0.1, -0.05) is 18.2 Å². The lowest BCUT2D eigenvalue weighted by atomic mass is 10.1. The average molecular weight is 374 g/mol. The maximum Gasteiger partial charge on any atom is 0.416 e. The van der Waals surface area contributed by atoms with Crippen LogP contribution in [-0.4, -0.2) is 16.2 Å². The SMILES string of the molecule is FC(F)(F)c1ccc(/C=C/C=N/Nc2nc(-c3ccncc3)cs2)cc1. The number of hydrazone groups is 1. The molecule has 1 aromatic carbocycles. The quantitative estimate of drug-likeness (QED) is 0.485. The van der Waals surface area contributed by atoms with E-state index in [0.717, 1.165) is 23.4 Å². The van der Waals surface area contributed by atoms with Crippen LogP contribution in [0.3, 0.4) is 0 Å². The van der Waals surface area contributed by atoms with Crippen LogP contribution in [0, 0.1) is 0 Å². The highest BCUT2D eigenvalue weighted by atomic mass is 32.1. The maximum absolute atomic E-state index is 12.5. The second-order valence-corrected chi connectivity index (χ2v) is 6.00. The van der Waals surface area contributed by atoms with Crippen molar-refractivity contribution < 1.29 is 13.2 Å². The fourth-order valence-corrected chi connectivity index (χ4v) is 2.72. The number of aromatic nitrogens is 2. The molecule has 1 N–H and O–H groups in total. The number of benzene rings is 1. The van der Waals surface area contributed by atoms with Crippen molar-refractivity contribution in [1.82, 2.24) is 9.97 Å². The molecule has 0 spiro atoms. The molecule has 0 bridgehead atoms. The fourth-order valence-electron chi connectivity index (χ4n) is 2.05. The Balaban J connectivity index is 1.55. The monoisotopic (exact) mass is 374 g/mol. The van der Waals surface area contributed by atoms with Gasteiger partial charge in [0.2, 0.25) is 5.13 Å². The summed E-state index contributed by atoms with van der Waals surface area (Å²) in [7, 11) is 0. The Morgan fingerprint density at radius 1 is 1.04 bits per heavy atom. The van der Waals surface area contributed by atoms with Gasteiger partial charge in [-0.15, -0.1) is 11.3 Å². The number of nitrogens with zero attached hydrogens (tertiary/aromatic N) is 3. The van der Waals surface area contributed by atoms with Gasteiger partial charge in [0.05, 0.1) is 11.3 Å². The van der Waals surface area contributed by atoms with Crippen LogP contribution in [0.2, 0.25) is 0 Å². The van der Waals surface area contributed by atoms with Gasteiger partial charge in [-0.05, 0) is 35.9 Å². The van der Waals surface area contributed by atoms with Crippen molar-refractivity contribution in [1.29, 1.82) is 0 Å². The van der Waals surface area contributed by atoms with Crippen molar-refractivity contribution in [3.8, 4) is 11.3 Å². The lowest BCUT2D eigenvalue weighted by Gasteiger charge is -2.05. The average Bonchev–Trinajstić information content (AvgIpc) is 3.11. The molecular formula is C18H13F3N4S. The van der Waals surface area contributed by atoms with Gasteiger partial charge in [-0.2, -0.15) is 18.3 Å². The smallest absolute Gasteiger partial charge is 0.265 e. The molecule has 132 valence electrons. The zero-order valence-electron chi connectivity index (χ0n) is 13.3. The Labute approximate surface area is 151 Å². The van der Waals surface area contributed by atoms with Gasteiger partial charge in [0.15, 0.2) is 0 Å². The standard InChI is InChI=1S/C18H13F3N4S/c19-18(20,21)15-5-3-13(4-6-15)2-1-9-23-25-17-24-16(12-26-17)14-7-10-22-11-8-14/h1-12H,(H,24,25)/b2-1+,23-9+. The first kappa shape index (κ1) is 17.8. The van der Waals surface area contributed by atoms with E-state index in [4.69, 9.17) is 0 Å². The first-order valence-electron chi connectivity index (χ1n) is 7.51. The summed E-state index contributed by atoms with van der Waals surface area (Å²) in [6.45, 7) is 0. The van der Waals surface area contributed by atoms with Crippen LogP contribution in [0.5, 0.6) is 0 Å². The molecule has 26 heavy (non-hydrogen) atoms. The topological polar surface area (TPSA) is 50.2 Å². The summed E-state index contributed by atoms with van der Waals surface area (Å²) in [6.07, 6.45) is 3.88. The van der Waals surface area contributed by atoms with Crippen molar-refractivity contribution in [2.45, 2.75) is 6.18 Å². The number of alkyl halides is 3. The Morgan fingerprint density at radius 2 is 1.77 bits per heavy atom. The van der Waals surface area contributed by atoms with Crippen LogP contribution in [0.15, 0.2) is 65.3 Å². The Kier molecular flexibility index (Phi) is 5.43. The number of pyridine rings is 1. The molecule has 0 aliphatic carbocycles. The number of rotatable bonds is 5. The van der Waals surface area contributed by atoms with Crippen LogP contribution < -0.4 is 5.43 Å². The largest absolute Gasteiger partial charge is 0.416 e. The van der Waals surface area contributed by atoms with E-state index in [1.165, 1.54) is 29.7 Å². The van der Waals surface area contributed by atoms with E-state index in [1.54, 1.807) is 24.5 Å². The molecule has 0 unspecified atom stereocenters. The molecule has 0 atom stereocenters. The molecule has 3 rings (SSSR count). The van der Waals surface area contributed by atoms with Crippen molar-refractivity contribution in [2.75, 3.05) is 5.43 Å². The first-order chi connectivity index (χ1) is 12.5.